The second-order valence-corrected chi connectivity index (χ2v) is 6.27. The van der Waals surface area contributed by atoms with Crippen LogP contribution in [0.3, 0.4) is 0 Å². The van der Waals surface area contributed by atoms with E-state index in [1.54, 1.807) is 11.8 Å². The van der Waals surface area contributed by atoms with E-state index in [9.17, 15) is 13.2 Å². The molecule has 0 radical (unpaired) electrons. The summed E-state index contributed by atoms with van der Waals surface area (Å²) < 4.78 is 39.2. The van der Waals surface area contributed by atoms with Gasteiger partial charge in [0, 0.05) is 18.1 Å². The number of rotatable bonds is 5. The van der Waals surface area contributed by atoms with Gasteiger partial charge in [-0.25, -0.2) is 9.67 Å². The molecule has 0 aromatic carbocycles. The molecule has 1 aliphatic rings. The Bertz CT molecular complexity index is 439. The van der Waals surface area contributed by atoms with Crippen LogP contribution in [0.5, 0.6) is 0 Å². The molecule has 4 nitrogen and oxygen atoms in total. The largest absolute Gasteiger partial charge is 0.408 e. The van der Waals surface area contributed by atoms with E-state index in [4.69, 9.17) is 0 Å². The van der Waals surface area contributed by atoms with Crippen LogP contribution in [-0.2, 0) is 13.0 Å². The Labute approximate surface area is 126 Å². The first-order valence-electron chi connectivity index (χ1n) is 7.19. The minimum Gasteiger partial charge on any atom is -0.317 e. The summed E-state index contributed by atoms with van der Waals surface area (Å²) in [5, 5.41) is 7.36. The van der Waals surface area contributed by atoms with E-state index >= 15 is 0 Å². The molecule has 1 aromatic rings. The van der Waals surface area contributed by atoms with Gasteiger partial charge < -0.3 is 5.32 Å². The number of thioether (sulfide) groups is 1. The van der Waals surface area contributed by atoms with Gasteiger partial charge in [0.1, 0.15) is 12.4 Å². The number of nitrogens with zero attached hydrogens (tertiary/aromatic N) is 3. The topological polar surface area (TPSA) is 42.7 Å². The first kappa shape index (κ1) is 16.6. The molecule has 2 heterocycles. The SMILES string of the molecule is CSCCc1nc([C@@H]2CCCNCC2)n(CC(F)(F)F)n1. The lowest BCUT2D eigenvalue weighted by Gasteiger charge is -2.15. The molecule has 0 saturated carbocycles. The van der Waals surface area contributed by atoms with Crippen molar-refractivity contribution < 1.29 is 13.2 Å². The summed E-state index contributed by atoms with van der Waals surface area (Å²) in [6, 6.07) is 0. The number of hydrogen-bond donors (Lipinski definition) is 1. The van der Waals surface area contributed by atoms with Gasteiger partial charge in [-0.05, 0) is 38.6 Å². The molecule has 2 rings (SSSR count). The molecule has 1 fully saturated rings. The molecule has 0 spiro atoms. The zero-order valence-electron chi connectivity index (χ0n) is 12.1. The second kappa shape index (κ2) is 7.49. The highest BCUT2D eigenvalue weighted by Gasteiger charge is 2.32. The fourth-order valence-electron chi connectivity index (χ4n) is 2.57. The van der Waals surface area contributed by atoms with Crippen LogP contribution in [0, 0.1) is 0 Å². The Kier molecular flexibility index (Phi) is 5.92. The zero-order valence-corrected chi connectivity index (χ0v) is 12.9. The summed E-state index contributed by atoms with van der Waals surface area (Å²) in [6.45, 7) is 0.700. The molecular formula is C13H21F3N4S. The third kappa shape index (κ3) is 5.18. The van der Waals surface area contributed by atoms with Gasteiger partial charge in [0.25, 0.3) is 0 Å². The van der Waals surface area contributed by atoms with E-state index in [-0.39, 0.29) is 5.92 Å². The molecule has 1 N–H and O–H groups in total. The summed E-state index contributed by atoms with van der Waals surface area (Å²) in [5.41, 5.74) is 0. The van der Waals surface area contributed by atoms with Crippen LogP contribution in [0.1, 0.15) is 36.8 Å². The molecule has 0 amide bonds. The monoisotopic (exact) mass is 322 g/mol. The Morgan fingerprint density at radius 2 is 2.14 bits per heavy atom. The maximum atomic E-state index is 12.7. The average Bonchev–Trinajstić information content (AvgIpc) is 2.63. The van der Waals surface area contributed by atoms with Gasteiger partial charge in [0.05, 0.1) is 0 Å². The van der Waals surface area contributed by atoms with Gasteiger partial charge >= 0.3 is 6.18 Å². The first-order chi connectivity index (χ1) is 9.99. The van der Waals surface area contributed by atoms with E-state index in [0.717, 1.165) is 42.8 Å². The zero-order chi connectivity index (χ0) is 15.3. The molecule has 1 saturated heterocycles. The number of halogens is 3. The predicted octanol–water partition coefficient (Wildman–Crippen LogP) is 2.60. The second-order valence-electron chi connectivity index (χ2n) is 5.28. The minimum absolute atomic E-state index is 0.0675. The third-order valence-electron chi connectivity index (χ3n) is 3.54. The molecule has 21 heavy (non-hydrogen) atoms. The Balaban J connectivity index is 2.20. The number of alkyl halides is 3. The van der Waals surface area contributed by atoms with E-state index in [1.807, 2.05) is 6.26 Å². The van der Waals surface area contributed by atoms with Crippen LogP contribution >= 0.6 is 11.8 Å². The molecule has 8 heteroatoms. The van der Waals surface area contributed by atoms with E-state index in [0.29, 0.717) is 18.1 Å². The minimum atomic E-state index is -4.26. The lowest BCUT2D eigenvalue weighted by molar-refractivity contribution is -0.143. The number of nitrogens with one attached hydrogen (secondary N) is 1. The van der Waals surface area contributed by atoms with Crippen molar-refractivity contribution >= 4 is 11.8 Å². The summed E-state index contributed by atoms with van der Waals surface area (Å²) in [7, 11) is 0. The van der Waals surface area contributed by atoms with Crippen LogP contribution in [-0.4, -0.2) is 46.0 Å². The molecule has 120 valence electrons. The van der Waals surface area contributed by atoms with Crippen molar-refractivity contribution in [1.82, 2.24) is 20.1 Å². The Morgan fingerprint density at radius 3 is 2.86 bits per heavy atom. The highest BCUT2D eigenvalue weighted by atomic mass is 32.2. The summed E-state index contributed by atoms with van der Waals surface area (Å²) in [6.07, 6.45) is 0.963. The first-order valence-corrected chi connectivity index (χ1v) is 8.59. The van der Waals surface area contributed by atoms with Crippen molar-refractivity contribution in [3.05, 3.63) is 11.6 Å². The Hall–Kier alpha value is -0.760. The summed E-state index contributed by atoms with van der Waals surface area (Å²) >= 11 is 1.64. The van der Waals surface area contributed by atoms with Crippen LogP contribution in [0.4, 0.5) is 13.2 Å². The van der Waals surface area contributed by atoms with E-state index < -0.39 is 12.7 Å². The molecule has 1 aromatic heterocycles. The van der Waals surface area contributed by atoms with Crippen molar-refractivity contribution in [2.24, 2.45) is 0 Å². The average molecular weight is 322 g/mol. The predicted molar refractivity (Wildman–Crippen MR) is 77.6 cm³/mol. The third-order valence-corrected chi connectivity index (χ3v) is 4.16. The van der Waals surface area contributed by atoms with Crippen molar-refractivity contribution in [3.63, 3.8) is 0 Å². The highest BCUT2D eigenvalue weighted by molar-refractivity contribution is 7.98. The normalized spacial score (nSPS) is 20.5. The fraction of sp³-hybridized carbons (Fsp3) is 0.846. The van der Waals surface area contributed by atoms with E-state index in [2.05, 4.69) is 15.4 Å². The van der Waals surface area contributed by atoms with Crippen LogP contribution < -0.4 is 5.32 Å². The van der Waals surface area contributed by atoms with Crippen molar-refractivity contribution in [3.8, 4) is 0 Å². The quantitative estimate of drug-likeness (QED) is 0.905. The smallest absolute Gasteiger partial charge is 0.317 e. The van der Waals surface area contributed by atoms with Crippen LogP contribution in [0.15, 0.2) is 0 Å². The van der Waals surface area contributed by atoms with Gasteiger partial charge in [0.2, 0.25) is 0 Å². The van der Waals surface area contributed by atoms with E-state index in [1.165, 1.54) is 0 Å². The van der Waals surface area contributed by atoms with Crippen molar-refractivity contribution in [1.29, 1.82) is 0 Å². The van der Waals surface area contributed by atoms with Crippen molar-refractivity contribution in [2.45, 2.75) is 44.3 Å². The molecule has 0 aliphatic carbocycles. The van der Waals surface area contributed by atoms with Gasteiger partial charge in [-0.15, -0.1) is 0 Å². The summed E-state index contributed by atoms with van der Waals surface area (Å²) in [4.78, 5) is 4.41. The number of aromatic nitrogens is 3. The molecule has 1 aliphatic heterocycles. The van der Waals surface area contributed by atoms with Gasteiger partial charge in [0.15, 0.2) is 5.82 Å². The van der Waals surface area contributed by atoms with Crippen molar-refractivity contribution in [2.75, 3.05) is 25.1 Å². The lowest BCUT2D eigenvalue weighted by Crippen LogP contribution is -2.22. The number of hydrogen-bond acceptors (Lipinski definition) is 4. The summed E-state index contributed by atoms with van der Waals surface area (Å²) in [5.74, 6) is 1.92. The number of aryl methyl sites for hydroxylation is 1. The molecular weight excluding hydrogens is 301 g/mol. The van der Waals surface area contributed by atoms with Gasteiger partial charge in [-0.2, -0.15) is 30.0 Å². The standard InChI is InChI=1S/C13H21F3N4S/c1-21-8-5-11-18-12(10-3-2-6-17-7-4-10)20(19-11)9-13(14,15)16/h10,17H,2-9H2,1H3/t10-/m1/s1. The Morgan fingerprint density at radius 1 is 1.33 bits per heavy atom. The maximum absolute atomic E-state index is 12.7. The maximum Gasteiger partial charge on any atom is 0.408 e. The van der Waals surface area contributed by atoms with Crippen LogP contribution in [0.25, 0.3) is 0 Å². The molecule has 1 atom stereocenters. The highest BCUT2D eigenvalue weighted by Crippen LogP contribution is 2.27. The van der Waals surface area contributed by atoms with Gasteiger partial charge in [-0.1, -0.05) is 0 Å². The van der Waals surface area contributed by atoms with Gasteiger partial charge in [-0.3, -0.25) is 0 Å². The fourth-order valence-corrected chi connectivity index (χ4v) is 2.95. The molecule has 0 unspecified atom stereocenters. The molecule has 0 bridgehead atoms. The lowest BCUT2D eigenvalue weighted by atomic mass is 10.00. The van der Waals surface area contributed by atoms with Crippen LogP contribution in [0.2, 0.25) is 0 Å².